The quantitative estimate of drug-likeness (QED) is 0.0942. The van der Waals surface area contributed by atoms with Gasteiger partial charge in [0.25, 0.3) is 0 Å². The number of ether oxygens (including phenoxy) is 6. The third-order valence-electron chi connectivity index (χ3n) is 14.9. The van der Waals surface area contributed by atoms with E-state index in [9.17, 15) is 9.59 Å². The SMILES string of the molecule is CC1(OC(=O)COc2ccc(Oc3ccc([I-]c4ccc(Oc5ccc(OCC(=O)OC6(C)C7CC8CC(C7)CC6C8)cc5)cc4)cc3)cc2)C2CC3CC(C2)CC1C3. The summed E-state index contributed by atoms with van der Waals surface area (Å²) < 4.78 is 38.7. The number of esters is 2. The average molecular weight is 910 g/mol. The van der Waals surface area contributed by atoms with Gasteiger partial charge in [0.2, 0.25) is 0 Å². The number of carbonyl (C=O) groups is 2. The van der Waals surface area contributed by atoms with Crippen LogP contribution in [0.15, 0.2) is 97.1 Å². The number of benzene rings is 4. The summed E-state index contributed by atoms with van der Waals surface area (Å²) in [5, 5.41) is 0. The van der Waals surface area contributed by atoms with E-state index in [1.807, 2.05) is 72.8 Å². The molecule has 0 radical (unpaired) electrons. The average Bonchev–Trinajstić information content (AvgIpc) is 3.22. The van der Waals surface area contributed by atoms with Crippen molar-refractivity contribution in [3.63, 3.8) is 0 Å². The van der Waals surface area contributed by atoms with Crippen molar-refractivity contribution in [2.24, 2.45) is 47.3 Å². The Hall–Kier alpha value is -4.25. The van der Waals surface area contributed by atoms with Gasteiger partial charge in [-0.25, -0.2) is 9.59 Å². The Kier molecular flexibility index (Phi) is 10.5. The summed E-state index contributed by atoms with van der Waals surface area (Å²) in [5.74, 6) is 8.86. The van der Waals surface area contributed by atoms with Crippen LogP contribution >= 0.6 is 0 Å². The minimum Gasteiger partial charge on any atom is -0.0475 e. The van der Waals surface area contributed by atoms with Crippen LogP contribution in [-0.4, -0.2) is 36.4 Å². The fraction of sp³-hybridized carbons (Fsp3) is 0.480. The maximum atomic E-state index is 12.9. The number of hydrogen-bond donors (Lipinski definition) is 0. The van der Waals surface area contributed by atoms with Crippen LogP contribution in [0.1, 0.15) is 78.1 Å². The summed E-state index contributed by atoms with van der Waals surface area (Å²) in [7, 11) is 0. The Bertz CT molecular complexity index is 1920. The molecule has 8 saturated carbocycles. The molecule has 0 unspecified atom stereocenters. The topological polar surface area (TPSA) is 89.5 Å². The van der Waals surface area contributed by atoms with Crippen molar-refractivity contribution in [2.75, 3.05) is 13.2 Å². The molecule has 310 valence electrons. The summed E-state index contributed by atoms with van der Waals surface area (Å²) in [6.45, 7) is 4.15. The van der Waals surface area contributed by atoms with E-state index < -0.39 is 21.2 Å². The van der Waals surface area contributed by atoms with E-state index in [0.717, 1.165) is 35.2 Å². The predicted molar refractivity (Wildman–Crippen MR) is 217 cm³/mol. The molecule has 12 rings (SSSR count). The van der Waals surface area contributed by atoms with Gasteiger partial charge in [0.15, 0.2) is 0 Å². The van der Waals surface area contributed by atoms with Gasteiger partial charge in [-0.3, -0.25) is 0 Å². The molecule has 8 bridgehead atoms. The van der Waals surface area contributed by atoms with E-state index in [1.165, 1.54) is 71.3 Å². The van der Waals surface area contributed by atoms with Gasteiger partial charge in [0, 0.05) is 0 Å². The molecular formula is C50H54IO8-. The monoisotopic (exact) mass is 909 g/mol. The maximum absolute atomic E-state index is 12.9. The van der Waals surface area contributed by atoms with E-state index in [-0.39, 0.29) is 36.4 Å². The number of hydrogen-bond acceptors (Lipinski definition) is 8. The molecule has 4 aromatic carbocycles. The van der Waals surface area contributed by atoms with Gasteiger partial charge >= 0.3 is 204 Å². The second-order valence-corrected chi connectivity index (χ2v) is 21.7. The number of rotatable bonds is 14. The van der Waals surface area contributed by atoms with E-state index in [1.54, 1.807) is 0 Å². The summed E-state index contributed by atoms with van der Waals surface area (Å²) in [5.41, 5.74) is -0.690. The van der Waals surface area contributed by atoms with Gasteiger partial charge in [-0.05, 0) is 125 Å². The molecule has 8 nitrogen and oxygen atoms in total. The Labute approximate surface area is 357 Å². The Balaban J connectivity index is 0.647. The van der Waals surface area contributed by atoms with Crippen LogP contribution in [0.5, 0.6) is 34.5 Å². The van der Waals surface area contributed by atoms with E-state index in [4.69, 9.17) is 28.4 Å². The van der Waals surface area contributed by atoms with Crippen LogP contribution < -0.4 is 40.2 Å². The van der Waals surface area contributed by atoms with Crippen molar-refractivity contribution < 1.29 is 59.2 Å². The van der Waals surface area contributed by atoms with Crippen molar-refractivity contribution >= 4 is 11.9 Å². The Morgan fingerprint density at radius 2 is 0.712 bits per heavy atom. The molecule has 9 heteroatoms. The second kappa shape index (κ2) is 16.0. The molecule has 8 aliphatic rings. The molecule has 4 aromatic rings. The zero-order chi connectivity index (χ0) is 40.1. The smallest absolute Gasteiger partial charge is 0.000697 e. The van der Waals surface area contributed by atoms with Crippen molar-refractivity contribution in [3.8, 4) is 34.5 Å². The molecule has 0 N–H and O–H groups in total. The van der Waals surface area contributed by atoms with Crippen LogP contribution in [0.25, 0.3) is 0 Å². The Morgan fingerprint density at radius 3 is 1.02 bits per heavy atom. The third kappa shape index (κ3) is 8.29. The molecular weight excluding hydrogens is 855 g/mol. The molecule has 0 amide bonds. The first kappa shape index (κ1) is 38.9. The molecule has 0 heterocycles. The summed E-state index contributed by atoms with van der Waals surface area (Å²) in [6, 6.07) is 31.2. The van der Waals surface area contributed by atoms with Gasteiger partial charge in [0.05, 0.1) is 0 Å². The zero-order valence-corrected chi connectivity index (χ0v) is 36.1. The van der Waals surface area contributed by atoms with Crippen molar-refractivity contribution in [1.82, 2.24) is 0 Å². The van der Waals surface area contributed by atoms with Gasteiger partial charge in [-0.15, -0.1) is 0 Å². The second-order valence-electron chi connectivity index (χ2n) is 18.7. The van der Waals surface area contributed by atoms with Crippen LogP contribution in [-0.2, 0) is 19.1 Å². The summed E-state index contributed by atoms with van der Waals surface area (Å²) in [4.78, 5) is 25.7. The molecule has 8 aliphatic carbocycles. The minimum atomic E-state index is -0.393. The zero-order valence-electron chi connectivity index (χ0n) is 34.0. The fourth-order valence-electron chi connectivity index (χ4n) is 12.1. The summed E-state index contributed by atoms with van der Waals surface area (Å²) in [6.07, 6.45) is 12.4. The molecule has 0 aromatic heterocycles. The van der Waals surface area contributed by atoms with Crippen molar-refractivity contribution in [1.29, 1.82) is 0 Å². The number of carbonyl (C=O) groups excluding carboxylic acids is 2. The molecule has 0 saturated heterocycles. The predicted octanol–water partition coefficient (Wildman–Crippen LogP) is 7.67. The molecule has 59 heavy (non-hydrogen) atoms. The maximum Gasteiger partial charge on any atom is -0.000697 e. The van der Waals surface area contributed by atoms with Gasteiger partial charge in [-0.2, -0.15) is 0 Å². The van der Waals surface area contributed by atoms with Gasteiger partial charge < -0.3 is 9.47 Å². The van der Waals surface area contributed by atoms with Crippen LogP contribution in [0.2, 0.25) is 0 Å². The third-order valence-corrected chi connectivity index (χ3v) is 17.5. The molecule has 0 spiro atoms. The van der Waals surface area contributed by atoms with E-state index >= 15 is 0 Å². The van der Waals surface area contributed by atoms with Crippen molar-refractivity contribution in [2.45, 2.75) is 89.3 Å². The number of halogens is 1. The first-order valence-corrected chi connectivity index (χ1v) is 23.9. The van der Waals surface area contributed by atoms with Crippen molar-refractivity contribution in [3.05, 3.63) is 104 Å². The minimum absolute atomic E-state index is 0.0891. The van der Waals surface area contributed by atoms with Gasteiger partial charge in [0.1, 0.15) is 11.2 Å². The molecule has 0 atom stereocenters. The molecule has 8 fully saturated rings. The first-order chi connectivity index (χ1) is 28.6. The largest absolute Gasteiger partial charge is 0.0475 e. The van der Waals surface area contributed by atoms with Crippen LogP contribution in [0.4, 0.5) is 0 Å². The van der Waals surface area contributed by atoms with E-state index in [0.29, 0.717) is 46.7 Å². The first-order valence-electron chi connectivity index (χ1n) is 21.7. The molecule has 0 aliphatic heterocycles. The Morgan fingerprint density at radius 1 is 0.441 bits per heavy atom. The van der Waals surface area contributed by atoms with E-state index in [2.05, 4.69) is 38.1 Å². The normalized spacial score (nSPS) is 32.1. The van der Waals surface area contributed by atoms with Crippen LogP contribution in [0, 0.1) is 54.5 Å². The van der Waals surface area contributed by atoms with Gasteiger partial charge in [-0.1, -0.05) is 0 Å². The van der Waals surface area contributed by atoms with Crippen LogP contribution in [0.3, 0.4) is 0 Å². The standard InChI is InChI=1S/C50H54IO8/c1-49(35-21-31-19-32(23-35)24-36(49)22-31)58-47(52)29-54-41-11-15-45(16-12-41)56-43-7-3-39(4-8-43)51-40-5-9-44(10-6-40)57-46-17-13-42(14-18-46)55-30-48(53)59-50(2)37-25-33-20-34(27-37)28-38(50)26-33/h3-18,31-38H,19-30H2,1-2H3/q-1. The fourth-order valence-corrected chi connectivity index (χ4v) is 14.3. The summed E-state index contributed by atoms with van der Waals surface area (Å²) >= 11 is -0.393.